The summed E-state index contributed by atoms with van der Waals surface area (Å²) in [6.45, 7) is 1.92. The number of carbonyl (C=O) groups excluding carboxylic acids is 1. The van der Waals surface area contributed by atoms with E-state index in [1.54, 1.807) is 48.3 Å². The lowest BCUT2D eigenvalue weighted by atomic mass is 9.94. The molecule has 1 heterocycles. The summed E-state index contributed by atoms with van der Waals surface area (Å²) in [6, 6.07) is 14.2. The minimum Gasteiger partial charge on any atom is -0.337 e. The maximum Gasteiger partial charge on any atom is 0.352 e. The lowest BCUT2D eigenvalue weighted by Crippen LogP contribution is -2.48. The molecule has 1 aromatic heterocycles. The highest BCUT2D eigenvalue weighted by Gasteiger charge is 2.28. The van der Waals surface area contributed by atoms with Gasteiger partial charge < -0.3 is 4.90 Å². The monoisotopic (exact) mass is 466 g/mol. The third-order valence-corrected chi connectivity index (χ3v) is 6.45. The van der Waals surface area contributed by atoms with Crippen LogP contribution in [0.5, 0.6) is 0 Å². The third-order valence-electron chi connectivity index (χ3n) is 6.21. The molecule has 1 amide bonds. The molecule has 1 saturated carbocycles. The van der Waals surface area contributed by atoms with Crippen molar-refractivity contribution in [1.82, 2.24) is 19.2 Å². The van der Waals surface area contributed by atoms with Crippen LogP contribution in [0.4, 0.5) is 0 Å². The molecule has 1 fully saturated rings. The van der Waals surface area contributed by atoms with Gasteiger partial charge >= 0.3 is 5.69 Å². The van der Waals surface area contributed by atoms with Crippen molar-refractivity contribution in [3.05, 3.63) is 91.2 Å². The summed E-state index contributed by atoms with van der Waals surface area (Å²) in [4.78, 5) is 41.7. The number of nitrogens with zero attached hydrogens (tertiary/aromatic N) is 4. The van der Waals surface area contributed by atoms with E-state index in [9.17, 15) is 14.4 Å². The van der Waals surface area contributed by atoms with Crippen LogP contribution in [0, 0.1) is 6.92 Å². The topological polar surface area (TPSA) is 77.2 Å². The Bertz CT molecular complexity index is 1270. The summed E-state index contributed by atoms with van der Waals surface area (Å²) in [5.74, 6) is -0.465. The fourth-order valence-corrected chi connectivity index (χ4v) is 4.47. The second kappa shape index (κ2) is 9.75. The van der Waals surface area contributed by atoms with Crippen LogP contribution in [0.2, 0.25) is 5.02 Å². The van der Waals surface area contributed by atoms with Crippen molar-refractivity contribution in [2.24, 2.45) is 0 Å². The number of amides is 1. The molecule has 7 nitrogen and oxygen atoms in total. The Kier molecular flexibility index (Phi) is 6.79. The van der Waals surface area contributed by atoms with Gasteiger partial charge in [0.05, 0.1) is 12.2 Å². The summed E-state index contributed by atoms with van der Waals surface area (Å²) in [6.07, 6.45) is 5.06. The Morgan fingerprint density at radius 3 is 2.45 bits per heavy atom. The average molecular weight is 467 g/mol. The van der Waals surface area contributed by atoms with Crippen molar-refractivity contribution in [2.75, 3.05) is 7.05 Å². The van der Waals surface area contributed by atoms with Crippen LogP contribution in [0.1, 0.15) is 53.7 Å². The molecule has 1 aliphatic carbocycles. The number of carbonyl (C=O) groups is 1. The van der Waals surface area contributed by atoms with Crippen molar-refractivity contribution in [2.45, 2.75) is 51.6 Å². The normalized spacial score (nSPS) is 14.3. The minimum absolute atomic E-state index is 0.0139. The lowest BCUT2D eigenvalue weighted by molar-refractivity contribution is 0.0684. The molecule has 8 heteroatoms. The van der Waals surface area contributed by atoms with Gasteiger partial charge in [0, 0.05) is 18.1 Å². The minimum atomic E-state index is -0.698. The average Bonchev–Trinajstić information content (AvgIpc) is 2.82. The Hall–Kier alpha value is -3.19. The molecule has 0 saturated heterocycles. The molecule has 33 heavy (non-hydrogen) atoms. The number of hydrogen-bond acceptors (Lipinski definition) is 4. The van der Waals surface area contributed by atoms with E-state index in [1.807, 2.05) is 19.1 Å². The summed E-state index contributed by atoms with van der Waals surface area (Å²) in [7, 11) is 1.71. The van der Waals surface area contributed by atoms with Gasteiger partial charge in [0.25, 0.3) is 11.5 Å². The standard InChI is InChI=1S/C25H27ClN4O3/c1-17-11-13-21(14-12-17)30-25(33)29(16-18-7-6-8-19(26)15-18)24(32)22(27-30)23(31)28(2)20-9-4-3-5-10-20/h6-8,11-15,20H,3-5,9-10,16H2,1-2H3. The van der Waals surface area contributed by atoms with Crippen LogP contribution in [0.25, 0.3) is 5.69 Å². The molecule has 0 radical (unpaired) electrons. The van der Waals surface area contributed by atoms with Crippen molar-refractivity contribution >= 4 is 17.5 Å². The van der Waals surface area contributed by atoms with Crippen LogP contribution >= 0.6 is 11.6 Å². The third kappa shape index (κ3) is 4.93. The fourth-order valence-electron chi connectivity index (χ4n) is 4.26. The van der Waals surface area contributed by atoms with E-state index in [0.717, 1.165) is 46.9 Å². The number of rotatable bonds is 5. The van der Waals surface area contributed by atoms with Crippen LogP contribution in [0.15, 0.2) is 58.1 Å². The first-order chi connectivity index (χ1) is 15.8. The molecule has 0 aliphatic heterocycles. The van der Waals surface area contributed by atoms with Gasteiger partial charge in [-0.3, -0.25) is 14.2 Å². The maximum atomic E-state index is 13.4. The molecule has 1 aliphatic rings. The summed E-state index contributed by atoms with van der Waals surface area (Å²) >= 11 is 6.10. The van der Waals surface area contributed by atoms with E-state index in [4.69, 9.17) is 11.6 Å². The van der Waals surface area contributed by atoms with E-state index < -0.39 is 17.2 Å². The van der Waals surface area contributed by atoms with Gasteiger partial charge in [0.15, 0.2) is 0 Å². The molecular weight excluding hydrogens is 440 g/mol. The van der Waals surface area contributed by atoms with E-state index >= 15 is 0 Å². The first-order valence-electron chi connectivity index (χ1n) is 11.2. The fraction of sp³-hybridized carbons (Fsp3) is 0.360. The van der Waals surface area contributed by atoms with E-state index in [1.165, 1.54) is 0 Å². The first-order valence-corrected chi connectivity index (χ1v) is 11.6. The molecule has 0 spiro atoms. The number of aromatic nitrogens is 3. The number of halogens is 1. The van der Waals surface area contributed by atoms with E-state index in [2.05, 4.69) is 5.10 Å². The van der Waals surface area contributed by atoms with E-state index in [0.29, 0.717) is 16.3 Å². The summed E-state index contributed by atoms with van der Waals surface area (Å²) in [5, 5.41) is 4.76. The lowest BCUT2D eigenvalue weighted by Gasteiger charge is -2.30. The van der Waals surface area contributed by atoms with Crippen LogP contribution in [-0.4, -0.2) is 38.2 Å². The second-order valence-electron chi connectivity index (χ2n) is 8.61. The van der Waals surface area contributed by atoms with Gasteiger partial charge in [-0.25, -0.2) is 4.79 Å². The predicted octanol–water partition coefficient (Wildman–Crippen LogP) is 3.81. The van der Waals surface area contributed by atoms with Gasteiger partial charge in [-0.15, -0.1) is 0 Å². The number of benzene rings is 2. The van der Waals surface area contributed by atoms with Crippen molar-refractivity contribution in [3.63, 3.8) is 0 Å². The van der Waals surface area contributed by atoms with Gasteiger partial charge in [-0.2, -0.15) is 9.78 Å². The molecule has 0 unspecified atom stereocenters. The van der Waals surface area contributed by atoms with Crippen LogP contribution in [0.3, 0.4) is 0 Å². The highest BCUT2D eigenvalue weighted by molar-refractivity contribution is 6.30. The smallest absolute Gasteiger partial charge is 0.337 e. The van der Waals surface area contributed by atoms with Crippen LogP contribution in [-0.2, 0) is 6.54 Å². The van der Waals surface area contributed by atoms with Gasteiger partial charge in [0.1, 0.15) is 0 Å². The maximum absolute atomic E-state index is 13.4. The SMILES string of the molecule is Cc1ccc(-n2nc(C(=O)N(C)C3CCCCC3)c(=O)n(Cc3cccc(Cl)c3)c2=O)cc1. The predicted molar refractivity (Wildman–Crippen MR) is 128 cm³/mol. The highest BCUT2D eigenvalue weighted by Crippen LogP contribution is 2.22. The molecule has 0 bridgehead atoms. The van der Waals surface area contributed by atoms with Crippen molar-refractivity contribution in [3.8, 4) is 5.69 Å². The molecule has 2 aromatic carbocycles. The van der Waals surface area contributed by atoms with Crippen molar-refractivity contribution in [1.29, 1.82) is 0 Å². The van der Waals surface area contributed by atoms with Crippen LogP contribution < -0.4 is 11.2 Å². The Balaban J connectivity index is 1.83. The molecular formula is C25H27ClN4O3. The van der Waals surface area contributed by atoms with E-state index in [-0.39, 0.29) is 18.3 Å². The van der Waals surface area contributed by atoms with Gasteiger partial charge in [-0.05, 0) is 49.6 Å². The number of hydrogen-bond donors (Lipinski definition) is 0. The molecule has 0 atom stereocenters. The summed E-state index contributed by atoms with van der Waals surface area (Å²) < 4.78 is 2.19. The van der Waals surface area contributed by atoms with Crippen molar-refractivity contribution < 1.29 is 4.79 Å². The zero-order valence-electron chi connectivity index (χ0n) is 18.8. The zero-order valence-corrected chi connectivity index (χ0v) is 19.6. The zero-order chi connectivity index (χ0) is 23.5. The molecule has 0 N–H and O–H groups in total. The summed E-state index contributed by atoms with van der Waals surface area (Å²) in [5.41, 5.74) is 0.622. The molecule has 3 aromatic rings. The quantitative estimate of drug-likeness (QED) is 0.573. The largest absolute Gasteiger partial charge is 0.352 e. The molecule has 4 rings (SSSR count). The highest BCUT2D eigenvalue weighted by atomic mass is 35.5. The van der Waals surface area contributed by atoms with Gasteiger partial charge in [-0.1, -0.05) is 60.7 Å². The molecule has 172 valence electrons. The first kappa shape index (κ1) is 23.0. The van der Waals surface area contributed by atoms with Gasteiger partial charge in [0.2, 0.25) is 5.69 Å². The Morgan fingerprint density at radius 2 is 1.79 bits per heavy atom. The number of aryl methyl sites for hydroxylation is 1. The Labute approximate surface area is 197 Å². The Morgan fingerprint density at radius 1 is 1.09 bits per heavy atom. The second-order valence-corrected chi connectivity index (χ2v) is 9.04.